The van der Waals surface area contributed by atoms with Gasteiger partial charge in [0.1, 0.15) is 11.8 Å². The number of nitrogens with zero attached hydrogens (tertiary/aromatic N) is 1. The molecule has 5 heteroatoms. The van der Waals surface area contributed by atoms with E-state index in [1.54, 1.807) is 4.90 Å². The Kier molecular flexibility index (Phi) is 9.22. The van der Waals surface area contributed by atoms with E-state index in [-0.39, 0.29) is 18.4 Å². The number of carbonyl (C=O) groups excluding carboxylic acids is 2. The van der Waals surface area contributed by atoms with Crippen molar-refractivity contribution in [1.29, 1.82) is 0 Å². The maximum Gasteiger partial charge on any atom is 0.261 e. The molecule has 0 radical (unpaired) electrons. The first kappa shape index (κ1) is 22.5. The van der Waals surface area contributed by atoms with Crippen molar-refractivity contribution in [1.82, 2.24) is 10.2 Å². The van der Waals surface area contributed by atoms with Gasteiger partial charge in [-0.25, -0.2) is 0 Å². The molecule has 0 saturated heterocycles. The Hall–Kier alpha value is -2.82. The van der Waals surface area contributed by atoms with Crippen molar-refractivity contribution >= 4 is 11.8 Å². The van der Waals surface area contributed by atoms with E-state index in [1.165, 1.54) is 0 Å². The molecule has 0 aromatic heterocycles. The van der Waals surface area contributed by atoms with Gasteiger partial charge in [-0.2, -0.15) is 0 Å². The number of aryl methyl sites for hydroxylation is 1. The van der Waals surface area contributed by atoms with Gasteiger partial charge < -0.3 is 15.0 Å². The number of benzene rings is 2. The third-order valence-electron chi connectivity index (χ3n) is 4.80. The van der Waals surface area contributed by atoms with Crippen LogP contribution in [0.15, 0.2) is 54.6 Å². The number of hydrogen-bond donors (Lipinski definition) is 1. The molecule has 0 heterocycles. The highest BCUT2D eigenvalue weighted by atomic mass is 16.5. The van der Waals surface area contributed by atoms with E-state index in [2.05, 4.69) is 5.32 Å². The number of rotatable bonds is 11. The van der Waals surface area contributed by atoms with E-state index in [9.17, 15) is 9.59 Å². The van der Waals surface area contributed by atoms with Crippen LogP contribution in [0.5, 0.6) is 5.75 Å². The van der Waals surface area contributed by atoms with Crippen molar-refractivity contribution in [2.45, 2.75) is 46.1 Å². The zero-order chi connectivity index (χ0) is 21.1. The normalized spacial score (nSPS) is 11.6. The standard InChI is InChI=1S/C24H32N2O3/c1-4-16-25-24(28)22(5-2)26(17-15-20-9-7-6-8-10-20)23(27)18-29-21-13-11-19(3)12-14-21/h6-14,22H,4-5,15-18H2,1-3H3,(H,25,28)/t22-/m1/s1. The molecule has 29 heavy (non-hydrogen) atoms. The Bertz CT molecular complexity index is 759. The van der Waals surface area contributed by atoms with Gasteiger partial charge in [0.15, 0.2) is 6.61 Å². The van der Waals surface area contributed by atoms with E-state index in [4.69, 9.17) is 4.74 Å². The summed E-state index contributed by atoms with van der Waals surface area (Å²) in [5.74, 6) is 0.363. The van der Waals surface area contributed by atoms with E-state index in [0.717, 1.165) is 17.5 Å². The fraction of sp³-hybridized carbons (Fsp3) is 0.417. The smallest absolute Gasteiger partial charge is 0.261 e. The van der Waals surface area contributed by atoms with Crippen LogP contribution in [0.1, 0.15) is 37.8 Å². The Balaban J connectivity index is 2.09. The van der Waals surface area contributed by atoms with Crippen LogP contribution in [-0.2, 0) is 16.0 Å². The SMILES string of the molecule is CCCNC(=O)[C@@H](CC)N(CCc1ccccc1)C(=O)COc1ccc(C)cc1. The van der Waals surface area contributed by atoms with Gasteiger partial charge >= 0.3 is 0 Å². The molecular formula is C24H32N2O3. The highest BCUT2D eigenvalue weighted by Gasteiger charge is 2.28. The second-order valence-corrected chi connectivity index (χ2v) is 7.14. The molecular weight excluding hydrogens is 364 g/mol. The lowest BCUT2D eigenvalue weighted by atomic mass is 10.1. The van der Waals surface area contributed by atoms with Crippen molar-refractivity contribution in [2.75, 3.05) is 19.7 Å². The van der Waals surface area contributed by atoms with Gasteiger partial charge in [-0.3, -0.25) is 9.59 Å². The molecule has 2 amide bonds. The lowest BCUT2D eigenvalue weighted by Gasteiger charge is -2.30. The fourth-order valence-electron chi connectivity index (χ4n) is 3.12. The van der Waals surface area contributed by atoms with Gasteiger partial charge in [0, 0.05) is 13.1 Å². The van der Waals surface area contributed by atoms with Crippen LogP contribution in [0.2, 0.25) is 0 Å². The number of ether oxygens (including phenoxy) is 1. The lowest BCUT2D eigenvalue weighted by molar-refractivity contribution is -0.142. The minimum Gasteiger partial charge on any atom is -0.484 e. The predicted molar refractivity (Wildman–Crippen MR) is 116 cm³/mol. The molecule has 0 aliphatic heterocycles. The fourth-order valence-corrected chi connectivity index (χ4v) is 3.12. The second-order valence-electron chi connectivity index (χ2n) is 7.14. The first-order valence-electron chi connectivity index (χ1n) is 10.4. The van der Waals surface area contributed by atoms with Gasteiger partial charge in [-0.1, -0.05) is 61.9 Å². The summed E-state index contributed by atoms with van der Waals surface area (Å²) in [7, 11) is 0. The Morgan fingerprint density at radius 2 is 1.72 bits per heavy atom. The Morgan fingerprint density at radius 3 is 2.34 bits per heavy atom. The first-order chi connectivity index (χ1) is 14.0. The molecule has 0 aliphatic carbocycles. The molecule has 2 rings (SSSR count). The van der Waals surface area contributed by atoms with Crippen molar-refractivity contribution in [3.05, 3.63) is 65.7 Å². The molecule has 0 spiro atoms. The molecule has 0 bridgehead atoms. The summed E-state index contributed by atoms with van der Waals surface area (Å²) in [6.45, 7) is 6.93. The monoisotopic (exact) mass is 396 g/mol. The van der Waals surface area contributed by atoms with Crippen LogP contribution in [0.3, 0.4) is 0 Å². The zero-order valence-electron chi connectivity index (χ0n) is 17.7. The molecule has 1 atom stereocenters. The number of nitrogens with one attached hydrogen (secondary N) is 1. The maximum atomic E-state index is 13.0. The van der Waals surface area contributed by atoms with Crippen LogP contribution in [0.4, 0.5) is 0 Å². The molecule has 0 unspecified atom stereocenters. The molecule has 2 aromatic carbocycles. The van der Waals surface area contributed by atoms with Crippen molar-refractivity contribution in [2.24, 2.45) is 0 Å². The first-order valence-corrected chi connectivity index (χ1v) is 10.4. The van der Waals surface area contributed by atoms with Gasteiger partial charge in [0.2, 0.25) is 5.91 Å². The van der Waals surface area contributed by atoms with Crippen molar-refractivity contribution in [3.63, 3.8) is 0 Å². The molecule has 1 N–H and O–H groups in total. The molecule has 2 aromatic rings. The Labute approximate surface area is 174 Å². The molecule has 0 saturated carbocycles. The summed E-state index contributed by atoms with van der Waals surface area (Å²) in [6.07, 6.45) is 2.10. The second kappa shape index (κ2) is 11.9. The van der Waals surface area contributed by atoms with Crippen LogP contribution in [0.25, 0.3) is 0 Å². The minimum atomic E-state index is -0.501. The predicted octanol–water partition coefficient (Wildman–Crippen LogP) is 3.75. The third-order valence-corrected chi connectivity index (χ3v) is 4.80. The molecule has 5 nitrogen and oxygen atoms in total. The van der Waals surface area contributed by atoms with Crippen LogP contribution in [0, 0.1) is 6.92 Å². The van der Waals surface area contributed by atoms with Crippen LogP contribution < -0.4 is 10.1 Å². The van der Waals surface area contributed by atoms with Crippen molar-refractivity contribution in [3.8, 4) is 5.75 Å². The summed E-state index contributed by atoms with van der Waals surface area (Å²) in [5.41, 5.74) is 2.26. The third kappa shape index (κ3) is 7.26. The topological polar surface area (TPSA) is 58.6 Å². The summed E-state index contributed by atoms with van der Waals surface area (Å²) < 4.78 is 5.69. The molecule has 0 aliphatic rings. The van der Waals surface area contributed by atoms with Crippen LogP contribution in [-0.4, -0.2) is 42.5 Å². The quantitative estimate of drug-likeness (QED) is 0.629. The van der Waals surface area contributed by atoms with Gasteiger partial charge in [-0.05, 0) is 43.9 Å². The largest absolute Gasteiger partial charge is 0.484 e. The number of hydrogen-bond acceptors (Lipinski definition) is 3. The lowest BCUT2D eigenvalue weighted by Crippen LogP contribution is -2.51. The zero-order valence-corrected chi connectivity index (χ0v) is 17.7. The summed E-state index contributed by atoms with van der Waals surface area (Å²) >= 11 is 0. The van der Waals surface area contributed by atoms with Crippen LogP contribution >= 0.6 is 0 Å². The van der Waals surface area contributed by atoms with E-state index in [0.29, 0.717) is 31.7 Å². The summed E-state index contributed by atoms with van der Waals surface area (Å²) in [4.78, 5) is 27.3. The molecule has 156 valence electrons. The van der Waals surface area contributed by atoms with Crippen molar-refractivity contribution < 1.29 is 14.3 Å². The summed E-state index contributed by atoms with van der Waals surface area (Å²) in [5, 5.41) is 2.92. The maximum absolute atomic E-state index is 13.0. The number of carbonyl (C=O) groups is 2. The van der Waals surface area contributed by atoms with Gasteiger partial charge in [0.25, 0.3) is 5.91 Å². The highest BCUT2D eigenvalue weighted by Crippen LogP contribution is 2.13. The minimum absolute atomic E-state index is 0.0879. The van der Waals surface area contributed by atoms with E-state index in [1.807, 2.05) is 75.4 Å². The highest BCUT2D eigenvalue weighted by molar-refractivity contribution is 5.88. The Morgan fingerprint density at radius 1 is 1.03 bits per heavy atom. The van der Waals surface area contributed by atoms with Gasteiger partial charge in [0.05, 0.1) is 0 Å². The van der Waals surface area contributed by atoms with Gasteiger partial charge in [-0.15, -0.1) is 0 Å². The summed E-state index contributed by atoms with van der Waals surface area (Å²) in [6, 6.07) is 17.1. The number of amides is 2. The average Bonchev–Trinajstić information content (AvgIpc) is 2.75. The molecule has 0 fully saturated rings. The average molecular weight is 397 g/mol. The van der Waals surface area contributed by atoms with E-state index >= 15 is 0 Å². The van der Waals surface area contributed by atoms with E-state index < -0.39 is 6.04 Å².